The second kappa shape index (κ2) is 6.42. The summed E-state index contributed by atoms with van der Waals surface area (Å²) in [6.07, 6.45) is 0.864. The molecule has 24 heavy (non-hydrogen) atoms. The number of carbonyl (C=O) groups is 3. The van der Waals surface area contributed by atoms with Gasteiger partial charge in [0.2, 0.25) is 11.8 Å². The lowest BCUT2D eigenvalue weighted by atomic mass is 10.0. The number of nitrogens with zero attached hydrogens (tertiary/aromatic N) is 1. The fourth-order valence-corrected chi connectivity index (χ4v) is 2.97. The number of benzene rings is 1. The third kappa shape index (κ3) is 2.76. The zero-order valence-electron chi connectivity index (χ0n) is 12.9. The van der Waals surface area contributed by atoms with Gasteiger partial charge in [0.15, 0.2) is 0 Å². The summed E-state index contributed by atoms with van der Waals surface area (Å²) in [5.41, 5.74) is 6.38. The third-order valence-electron chi connectivity index (χ3n) is 4.15. The van der Waals surface area contributed by atoms with Crippen molar-refractivity contribution in [3.05, 3.63) is 34.6 Å². The molecule has 1 fully saturated rings. The predicted octanol–water partition coefficient (Wildman–Crippen LogP) is 0.287. The van der Waals surface area contributed by atoms with E-state index in [4.69, 9.17) is 5.73 Å². The van der Waals surface area contributed by atoms with Crippen LogP contribution in [0, 0.1) is 17.7 Å². The molecule has 3 N–H and O–H groups in total. The molecule has 1 aromatic carbocycles. The molecule has 1 saturated heterocycles. The Kier molecular flexibility index (Phi) is 4.32. The number of amides is 3. The van der Waals surface area contributed by atoms with Crippen LogP contribution >= 0.6 is 0 Å². The summed E-state index contributed by atoms with van der Waals surface area (Å²) in [7, 11) is 0. The van der Waals surface area contributed by atoms with Gasteiger partial charge < -0.3 is 10.6 Å². The minimum absolute atomic E-state index is 0.102. The highest BCUT2D eigenvalue weighted by Gasteiger charge is 2.40. The summed E-state index contributed by atoms with van der Waals surface area (Å²) in [4.78, 5) is 37.2. The fraction of sp³-hybridized carbons (Fsp3) is 0.353. The van der Waals surface area contributed by atoms with E-state index in [0.717, 1.165) is 0 Å². The number of carbonyl (C=O) groups excluding carboxylic acids is 3. The van der Waals surface area contributed by atoms with Crippen molar-refractivity contribution in [3.8, 4) is 11.8 Å². The maximum Gasteiger partial charge on any atom is 0.255 e. The highest BCUT2D eigenvalue weighted by molar-refractivity contribution is 6.05. The van der Waals surface area contributed by atoms with Gasteiger partial charge in [-0.05, 0) is 18.6 Å². The number of hydrogen-bond acceptors (Lipinski definition) is 4. The van der Waals surface area contributed by atoms with Crippen LogP contribution in [0.15, 0.2) is 12.1 Å². The Morgan fingerprint density at radius 3 is 2.83 bits per heavy atom. The number of halogens is 1. The summed E-state index contributed by atoms with van der Waals surface area (Å²) in [6.45, 7) is 0.468. The first-order valence-corrected chi connectivity index (χ1v) is 7.68. The maximum absolute atomic E-state index is 14.1. The molecule has 0 aromatic heterocycles. The fourth-order valence-electron chi connectivity index (χ4n) is 2.97. The molecule has 2 heterocycles. The average molecular weight is 329 g/mol. The molecule has 3 rings (SSSR count). The Morgan fingerprint density at radius 1 is 1.33 bits per heavy atom. The Labute approximate surface area is 138 Å². The maximum atomic E-state index is 14.1. The van der Waals surface area contributed by atoms with E-state index in [9.17, 15) is 18.8 Å². The zero-order chi connectivity index (χ0) is 17.3. The first kappa shape index (κ1) is 16.1. The lowest BCUT2D eigenvalue weighted by Crippen LogP contribution is -2.52. The van der Waals surface area contributed by atoms with E-state index < -0.39 is 17.8 Å². The van der Waals surface area contributed by atoms with Crippen molar-refractivity contribution >= 4 is 17.7 Å². The van der Waals surface area contributed by atoms with E-state index in [2.05, 4.69) is 17.2 Å². The average Bonchev–Trinajstić information content (AvgIpc) is 2.87. The number of fused-ring (bicyclic) bond motifs is 1. The van der Waals surface area contributed by atoms with E-state index in [1.54, 1.807) is 0 Å². The van der Waals surface area contributed by atoms with Gasteiger partial charge in [-0.2, -0.15) is 0 Å². The second-order valence-corrected chi connectivity index (χ2v) is 5.69. The van der Waals surface area contributed by atoms with Crippen molar-refractivity contribution in [1.29, 1.82) is 0 Å². The Bertz CT molecular complexity index is 794. The quantitative estimate of drug-likeness (QED) is 0.602. The first-order valence-electron chi connectivity index (χ1n) is 7.68. The molecule has 124 valence electrons. The van der Waals surface area contributed by atoms with Gasteiger partial charge in [-0.25, -0.2) is 4.39 Å². The molecular formula is C17H16FN3O3. The SMILES string of the molecule is NCCC#Cc1c(F)ccc2c1CN(C1CCC(=O)NC1=O)C2=O. The Balaban J connectivity index is 1.93. The molecule has 0 radical (unpaired) electrons. The number of rotatable bonds is 2. The van der Waals surface area contributed by atoms with Crippen molar-refractivity contribution in [2.24, 2.45) is 5.73 Å². The molecule has 0 saturated carbocycles. The number of piperidine rings is 1. The van der Waals surface area contributed by atoms with Gasteiger partial charge in [-0.15, -0.1) is 0 Å². The van der Waals surface area contributed by atoms with Crippen molar-refractivity contribution in [1.82, 2.24) is 10.2 Å². The van der Waals surface area contributed by atoms with E-state index >= 15 is 0 Å². The smallest absolute Gasteiger partial charge is 0.255 e. The van der Waals surface area contributed by atoms with Crippen molar-refractivity contribution in [3.63, 3.8) is 0 Å². The number of imide groups is 1. The van der Waals surface area contributed by atoms with Crippen LogP contribution in [0.2, 0.25) is 0 Å². The van der Waals surface area contributed by atoms with E-state index in [0.29, 0.717) is 24.1 Å². The molecule has 1 aromatic rings. The normalized spacial score (nSPS) is 19.7. The summed E-state index contributed by atoms with van der Waals surface area (Å²) in [6, 6.07) is 1.89. The third-order valence-corrected chi connectivity index (χ3v) is 4.15. The summed E-state index contributed by atoms with van der Waals surface area (Å²) in [5.74, 6) is 3.82. The van der Waals surface area contributed by atoms with Gasteiger partial charge in [0.05, 0.1) is 5.56 Å². The molecular weight excluding hydrogens is 313 g/mol. The van der Waals surface area contributed by atoms with E-state index in [1.807, 2.05) is 0 Å². The second-order valence-electron chi connectivity index (χ2n) is 5.69. The molecule has 1 unspecified atom stereocenters. The lowest BCUT2D eigenvalue weighted by Gasteiger charge is -2.29. The molecule has 2 aliphatic rings. The summed E-state index contributed by atoms with van der Waals surface area (Å²) >= 11 is 0. The van der Waals surface area contributed by atoms with Gasteiger partial charge in [0.1, 0.15) is 11.9 Å². The summed E-state index contributed by atoms with van der Waals surface area (Å²) in [5, 5.41) is 2.23. The Hall–Kier alpha value is -2.72. The van der Waals surface area contributed by atoms with E-state index in [-0.39, 0.29) is 36.8 Å². The van der Waals surface area contributed by atoms with Crippen LogP contribution in [0.3, 0.4) is 0 Å². The van der Waals surface area contributed by atoms with Crippen molar-refractivity contribution in [2.75, 3.05) is 6.54 Å². The van der Waals surface area contributed by atoms with Gasteiger partial charge in [-0.1, -0.05) is 11.8 Å². The van der Waals surface area contributed by atoms with Crippen molar-refractivity contribution < 1.29 is 18.8 Å². The molecule has 0 spiro atoms. The lowest BCUT2D eigenvalue weighted by molar-refractivity contribution is -0.136. The molecule has 1 atom stereocenters. The molecule has 3 amide bonds. The number of nitrogens with two attached hydrogens (primary N) is 1. The van der Waals surface area contributed by atoms with Gasteiger partial charge in [-0.3, -0.25) is 19.7 Å². The van der Waals surface area contributed by atoms with Crippen LogP contribution < -0.4 is 11.1 Å². The van der Waals surface area contributed by atoms with Crippen LogP contribution in [0.4, 0.5) is 4.39 Å². The number of hydrogen-bond donors (Lipinski definition) is 2. The van der Waals surface area contributed by atoms with Crippen LogP contribution in [0.25, 0.3) is 0 Å². The van der Waals surface area contributed by atoms with Gasteiger partial charge >= 0.3 is 0 Å². The van der Waals surface area contributed by atoms with Crippen molar-refractivity contribution in [2.45, 2.75) is 31.8 Å². The highest BCUT2D eigenvalue weighted by Crippen LogP contribution is 2.30. The largest absolute Gasteiger partial charge is 0.330 e. The van der Waals surface area contributed by atoms with Gasteiger partial charge in [0, 0.05) is 37.1 Å². The standard InChI is InChI=1S/C17H16FN3O3/c18-13-5-4-11-12(10(13)3-1-2-8-19)9-21(17(11)24)14-6-7-15(22)20-16(14)23/h4-5,14H,2,6-9,19H2,(H,20,22,23). The van der Waals surface area contributed by atoms with Crippen LogP contribution in [0.1, 0.15) is 40.7 Å². The highest BCUT2D eigenvalue weighted by atomic mass is 19.1. The molecule has 2 aliphatic heterocycles. The first-order chi connectivity index (χ1) is 11.5. The van der Waals surface area contributed by atoms with Crippen LogP contribution in [-0.4, -0.2) is 35.2 Å². The summed E-state index contributed by atoms with van der Waals surface area (Å²) < 4.78 is 14.1. The van der Waals surface area contributed by atoms with Crippen LogP contribution in [0.5, 0.6) is 0 Å². The molecule has 7 heteroatoms. The zero-order valence-corrected chi connectivity index (χ0v) is 12.9. The molecule has 0 aliphatic carbocycles. The van der Waals surface area contributed by atoms with Crippen LogP contribution in [-0.2, 0) is 16.1 Å². The minimum Gasteiger partial charge on any atom is -0.330 e. The number of nitrogens with one attached hydrogen (secondary N) is 1. The molecule has 0 bridgehead atoms. The van der Waals surface area contributed by atoms with E-state index in [1.165, 1.54) is 17.0 Å². The topological polar surface area (TPSA) is 92.5 Å². The monoisotopic (exact) mass is 329 g/mol. The predicted molar refractivity (Wildman–Crippen MR) is 83.0 cm³/mol. The Morgan fingerprint density at radius 2 is 2.12 bits per heavy atom. The minimum atomic E-state index is -0.726. The van der Waals surface area contributed by atoms with Gasteiger partial charge in [0.25, 0.3) is 5.91 Å². The molecule has 6 nitrogen and oxygen atoms in total.